The van der Waals surface area contributed by atoms with E-state index < -0.39 is 6.09 Å². The van der Waals surface area contributed by atoms with Gasteiger partial charge in [-0.15, -0.1) is 0 Å². The van der Waals surface area contributed by atoms with Crippen LogP contribution in [-0.4, -0.2) is 15.9 Å². The second kappa shape index (κ2) is 7.37. The van der Waals surface area contributed by atoms with Crippen molar-refractivity contribution < 1.29 is 9.53 Å². The van der Waals surface area contributed by atoms with Crippen molar-refractivity contribution >= 4 is 6.09 Å². The van der Waals surface area contributed by atoms with Crippen LogP contribution in [-0.2, 0) is 11.3 Å². The summed E-state index contributed by atoms with van der Waals surface area (Å²) in [6.07, 6.45) is 2.65. The third kappa shape index (κ3) is 4.16. The van der Waals surface area contributed by atoms with Gasteiger partial charge in [0, 0.05) is 6.20 Å². The number of para-hydroxylation sites is 1. The molecule has 24 heavy (non-hydrogen) atoms. The predicted octanol–water partition coefficient (Wildman–Crippen LogP) is 3.42. The van der Waals surface area contributed by atoms with Crippen LogP contribution in [0.1, 0.15) is 11.1 Å². The minimum Gasteiger partial charge on any atom is -0.443 e. The number of aryl methyl sites for hydroxylation is 1. The van der Waals surface area contributed by atoms with E-state index in [0.717, 1.165) is 16.8 Å². The fraction of sp³-hybridized carbons (Fsp3) is 0.105. The molecule has 120 valence electrons. The zero-order valence-electron chi connectivity index (χ0n) is 13.3. The Kier molecular flexibility index (Phi) is 4.81. The molecule has 3 aromatic rings. The predicted molar refractivity (Wildman–Crippen MR) is 90.5 cm³/mol. The molecule has 0 N–H and O–H groups in total. The van der Waals surface area contributed by atoms with Gasteiger partial charge in [0.1, 0.15) is 6.61 Å². The van der Waals surface area contributed by atoms with E-state index in [0.29, 0.717) is 5.36 Å². The van der Waals surface area contributed by atoms with E-state index in [9.17, 15) is 4.79 Å². The lowest BCUT2D eigenvalue weighted by atomic mass is 10.2. The minimum absolute atomic E-state index is 0.201. The summed E-state index contributed by atoms with van der Waals surface area (Å²) in [7, 11) is 0. The second-order valence-electron chi connectivity index (χ2n) is 5.32. The van der Waals surface area contributed by atoms with Gasteiger partial charge in [-0.3, -0.25) is 0 Å². The molecule has 0 saturated carbocycles. The fourth-order valence-electron chi connectivity index (χ4n) is 2.12. The summed E-state index contributed by atoms with van der Waals surface area (Å²) in [5.41, 5.74) is 3.03. The van der Waals surface area contributed by atoms with Crippen LogP contribution < -0.4 is 5.36 Å². The van der Waals surface area contributed by atoms with Gasteiger partial charge in [-0.25, -0.2) is 9.48 Å². The molecule has 2 aromatic carbocycles. The Morgan fingerprint density at radius 2 is 1.83 bits per heavy atom. The molecule has 0 atom stereocenters. The first-order valence-electron chi connectivity index (χ1n) is 7.58. The van der Waals surface area contributed by atoms with Crippen molar-refractivity contribution in [2.75, 3.05) is 0 Å². The SMILES string of the molecule is Cc1ccc(COC(=O)N=c2ccn(-c3ccccc3)nc2)cc1. The summed E-state index contributed by atoms with van der Waals surface area (Å²) in [5.74, 6) is 0. The normalized spacial score (nSPS) is 11.3. The van der Waals surface area contributed by atoms with Gasteiger partial charge in [-0.05, 0) is 30.7 Å². The van der Waals surface area contributed by atoms with Gasteiger partial charge in [0.15, 0.2) is 0 Å². The molecule has 0 aliphatic carbocycles. The van der Waals surface area contributed by atoms with Crippen molar-refractivity contribution in [3.8, 4) is 5.69 Å². The summed E-state index contributed by atoms with van der Waals surface area (Å²) in [6.45, 7) is 2.21. The van der Waals surface area contributed by atoms with Crippen molar-refractivity contribution in [1.82, 2.24) is 9.78 Å². The summed E-state index contributed by atoms with van der Waals surface area (Å²) < 4.78 is 6.85. The third-order valence-corrected chi connectivity index (χ3v) is 3.42. The lowest BCUT2D eigenvalue weighted by Crippen LogP contribution is -2.12. The average Bonchev–Trinajstić information content (AvgIpc) is 2.63. The largest absolute Gasteiger partial charge is 0.443 e. The Morgan fingerprint density at radius 1 is 1.08 bits per heavy atom. The van der Waals surface area contributed by atoms with Gasteiger partial charge in [0.2, 0.25) is 0 Å². The van der Waals surface area contributed by atoms with Crippen LogP contribution in [0.2, 0.25) is 0 Å². The van der Waals surface area contributed by atoms with E-state index >= 15 is 0 Å². The first kappa shape index (κ1) is 15.7. The Labute approximate surface area is 139 Å². The molecule has 0 radical (unpaired) electrons. The second-order valence-corrected chi connectivity index (χ2v) is 5.32. The highest BCUT2D eigenvalue weighted by Gasteiger charge is 2.01. The van der Waals surface area contributed by atoms with Crippen molar-refractivity contribution in [1.29, 1.82) is 0 Å². The summed E-state index contributed by atoms with van der Waals surface area (Å²) in [4.78, 5) is 15.7. The van der Waals surface area contributed by atoms with Crippen molar-refractivity contribution in [3.63, 3.8) is 0 Å². The summed E-state index contributed by atoms with van der Waals surface area (Å²) in [6, 6.07) is 19.2. The van der Waals surface area contributed by atoms with E-state index in [4.69, 9.17) is 4.74 Å². The van der Waals surface area contributed by atoms with Crippen molar-refractivity contribution in [2.45, 2.75) is 13.5 Å². The average molecular weight is 319 g/mol. The number of amides is 1. The van der Waals surface area contributed by atoms with E-state index in [1.54, 1.807) is 16.9 Å². The number of hydrogen-bond acceptors (Lipinski definition) is 3. The molecular formula is C19H17N3O2. The molecule has 1 heterocycles. The van der Waals surface area contributed by atoms with Gasteiger partial charge in [0.05, 0.1) is 17.2 Å². The van der Waals surface area contributed by atoms with Crippen LogP contribution in [0, 0.1) is 6.92 Å². The number of carbonyl (C=O) groups excluding carboxylic acids is 1. The molecule has 0 saturated heterocycles. The number of hydrogen-bond donors (Lipinski definition) is 0. The van der Waals surface area contributed by atoms with Crippen LogP contribution in [0.5, 0.6) is 0 Å². The van der Waals surface area contributed by atoms with E-state index in [-0.39, 0.29) is 6.61 Å². The summed E-state index contributed by atoms with van der Waals surface area (Å²) in [5, 5.41) is 4.70. The Hall–Kier alpha value is -3.21. The first-order chi connectivity index (χ1) is 11.7. The highest BCUT2D eigenvalue weighted by atomic mass is 16.5. The zero-order chi connectivity index (χ0) is 16.8. The molecule has 5 nitrogen and oxygen atoms in total. The highest BCUT2D eigenvalue weighted by Crippen LogP contribution is 2.05. The molecule has 3 rings (SSSR count). The Balaban J connectivity index is 1.65. The van der Waals surface area contributed by atoms with Crippen LogP contribution in [0.4, 0.5) is 4.79 Å². The summed E-state index contributed by atoms with van der Waals surface area (Å²) >= 11 is 0. The third-order valence-electron chi connectivity index (χ3n) is 3.42. The van der Waals surface area contributed by atoms with Crippen LogP contribution in [0.15, 0.2) is 78.0 Å². The lowest BCUT2D eigenvalue weighted by Gasteiger charge is -2.04. The molecule has 5 heteroatoms. The quantitative estimate of drug-likeness (QED) is 0.743. The standard InChI is InChI=1S/C19H17N3O2/c1-15-7-9-16(10-8-15)14-24-19(23)21-17-11-12-22(20-13-17)18-5-3-2-4-6-18/h2-13H,14H2,1H3. The lowest BCUT2D eigenvalue weighted by molar-refractivity contribution is 0.150. The molecule has 0 spiro atoms. The maximum absolute atomic E-state index is 11.8. The molecule has 1 aromatic heterocycles. The van der Waals surface area contributed by atoms with E-state index in [1.165, 1.54) is 6.20 Å². The Morgan fingerprint density at radius 3 is 2.50 bits per heavy atom. The molecule has 0 aliphatic rings. The molecule has 0 unspecified atom stereocenters. The van der Waals surface area contributed by atoms with E-state index in [1.807, 2.05) is 61.5 Å². The van der Waals surface area contributed by atoms with Crippen molar-refractivity contribution in [2.24, 2.45) is 4.99 Å². The molecule has 0 bridgehead atoms. The van der Waals surface area contributed by atoms with Crippen LogP contribution in [0.3, 0.4) is 0 Å². The number of rotatable bonds is 3. The fourth-order valence-corrected chi connectivity index (χ4v) is 2.12. The number of aromatic nitrogens is 2. The van der Waals surface area contributed by atoms with Gasteiger partial charge in [-0.1, -0.05) is 48.0 Å². The van der Waals surface area contributed by atoms with Crippen LogP contribution in [0.25, 0.3) is 5.69 Å². The first-order valence-corrected chi connectivity index (χ1v) is 7.58. The maximum atomic E-state index is 11.8. The molecular weight excluding hydrogens is 302 g/mol. The maximum Gasteiger partial charge on any atom is 0.434 e. The van der Waals surface area contributed by atoms with E-state index in [2.05, 4.69) is 10.1 Å². The molecule has 0 fully saturated rings. The minimum atomic E-state index is -0.630. The van der Waals surface area contributed by atoms with Gasteiger partial charge in [-0.2, -0.15) is 10.1 Å². The smallest absolute Gasteiger partial charge is 0.434 e. The Bertz CT molecular complexity index is 864. The number of carbonyl (C=O) groups is 1. The molecule has 1 amide bonds. The van der Waals surface area contributed by atoms with Gasteiger partial charge < -0.3 is 4.74 Å². The van der Waals surface area contributed by atoms with Crippen molar-refractivity contribution in [3.05, 3.63) is 89.5 Å². The van der Waals surface area contributed by atoms with Crippen LogP contribution >= 0.6 is 0 Å². The van der Waals surface area contributed by atoms with Gasteiger partial charge in [0.25, 0.3) is 0 Å². The topological polar surface area (TPSA) is 56.5 Å². The van der Waals surface area contributed by atoms with Gasteiger partial charge >= 0.3 is 6.09 Å². The number of ether oxygens (including phenoxy) is 1. The number of nitrogens with zero attached hydrogens (tertiary/aromatic N) is 3. The molecule has 0 aliphatic heterocycles. The highest BCUT2D eigenvalue weighted by molar-refractivity contribution is 5.68. The number of benzene rings is 2. The monoisotopic (exact) mass is 319 g/mol. The zero-order valence-corrected chi connectivity index (χ0v) is 13.3.